The van der Waals surface area contributed by atoms with Crippen molar-refractivity contribution in [1.29, 1.82) is 0 Å². The number of rotatable bonds is 7. The number of allylic oxidation sites excluding steroid dienone is 2. The lowest BCUT2D eigenvalue weighted by Gasteiger charge is -2.29. The van der Waals surface area contributed by atoms with E-state index in [4.69, 9.17) is 4.84 Å². The van der Waals surface area contributed by atoms with Gasteiger partial charge in [0, 0.05) is 18.9 Å². The summed E-state index contributed by atoms with van der Waals surface area (Å²) in [6, 6.07) is 0. The number of oxime groups is 1. The Labute approximate surface area is 204 Å². The maximum atomic E-state index is 5.57. The Morgan fingerprint density at radius 2 is 1.66 bits per heavy atom. The predicted octanol–water partition coefficient (Wildman–Crippen LogP) is 8.84. The van der Waals surface area contributed by atoms with Crippen LogP contribution in [-0.4, -0.2) is 30.1 Å². The summed E-state index contributed by atoms with van der Waals surface area (Å²) in [6.45, 7) is 23.4. The molecule has 3 atom stereocenters. The summed E-state index contributed by atoms with van der Waals surface area (Å²) in [6.07, 6.45) is 16.0. The van der Waals surface area contributed by atoms with Crippen molar-refractivity contribution in [1.82, 2.24) is 4.67 Å². The quantitative estimate of drug-likeness (QED) is 0.213. The second-order valence-electron chi connectivity index (χ2n) is 8.39. The van der Waals surface area contributed by atoms with Crippen LogP contribution in [0.5, 0.6) is 0 Å². The molecule has 0 aromatic carbocycles. The number of hydrogen-bond donors (Lipinski definition) is 0. The molecule has 0 aromatic heterocycles. The highest BCUT2D eigenvalue weighted by molar-refractivity contribution is 7.13. The highest BCUT2D eigenvalue weighted by Gasteiger charge is 2.29. The van der Waals surface area contributed by atoms with Crippen molar-refractivity contribution in [2.75, 3.05) is 13.6 Å². The van der Waals surface area contributed by atoms with E-state index in [1.807, 2.05) is 53.7 Å². The van der Waals surface area contributed by atoms with E-state index in [0.29, 0.717) is 5.92 Å². The standard InChI is InChI=1S/C20H35N2OP.C4H8.2C2H6/c1-5-15(2)20-14-19(21-23-20)18-10-6-8-17(9-7-11-18)16(3)12-13-22(4)24;1-3-4-2;2*1-2/h5,16-18,20H,1-2,6-14,24H2,3-4H3;3-4H,1-2H3;2*1-2H3/b;4-3-;;. The van der Waals surface area contributed by atoms with Crippen LogP contribution >= 0.6 is 9.39 Å². The first-order valence-corrected chi connectivity index (χ1v) is 13.5. The molecule has 3 nitrogen and oxygen atoms in total. The van der Waals surface area contributed by atoms with Crippen LogP contribution in [0.15, 0.2) is 42.1 Å². The van der Waals surface area contributed by atoms with E-state index < -0.39 is 0 Å². The largest absolute Gasteiger partial charge is 0.387 e. The third kappa shape index (κ3) is 14.3. The van der Waals surface area contributed by atoms with Crippen LogP contribution in [-0.2, 0) is 4.84 Å². The van der Waals surface area contributed by atoms with Crippen molar-refractivity contribution in [3.05, 3.63) is 37.0 Å². The topological polar surface area (TPSA) is 24.8 Å². The van der Waals surface area contributed by atoms with Gasteiger partial charge in [-0.05, 0) is 57.6 Å². The van der Waals surface area contributed by atoms with Gasteiger partial charge in [0.25, 0.3) is 0 Å². The fourth-order valence-electron chi connectivity index (χ4n) is 4.05. The molecule has 0 bridgehead atoms. The smallest absolute Gasteiger partial charge is 0.157 e. The van der Waals surface area contributed by atoms with Gasteiger partial charge in [0.05, 0.1) is 5.71 Å². The lowest BCUT2D eigenvalue weighted by molar-refractivity contribution is 0.114. The Bertz CT molecular complexity index is 514. The second-order valence-corrected chi connectivity index (χ2v) is 9.27. The van der Waals surface area contributed by atoms with E-state index in [0.717, 1.165) is 23.8 Å². The normalized spacial score (nSPS) is 23.6. The molecule has 0 spiro atoms. The van der Waals surface area contributed by atoms with Crippen LogP contribution in [0.2, 0.25) is 0 Å². The molecule has 4 heteroatoms. The Hall–Kier alpha value is -0.920. The highest BCUT2D eigenvalue weighted by Crippen LogP contribution is 2.34. The summed E-state index contributed by atoms with van der Waals surface area (Å²) in [5.74, 6) is 2.34. The minimum absolute atomic E-state index is 0.0274. The molecule has 188 valence electrons. The molecule has 1 saturated carbocycles. The van der Waals surface area contributed by atoms with Gasteiger partial charge in [-0.15, -0.1) is 0 Å². The molecule has 3 unspecified atom stereocenters. The van der Waals surface area contributed by atoms with E-state index >= 15 is 0 Å². The SMILES string of the molecule is C/C=C\C.C=CC(=C)C1CC(C2CCCC(C(C)CCN(C)P)CCC2)=NO1.CC.CC. The molecule has 1 aliphatic heterocycles. The number of nitrogens with zero attached hydrogens (tertiary/aromatic N) is 2. The van der Waals surface area contributed by atoms with Crippen LogP contribution in [0, 0.1) is 17.8 Å². The average molecular weight is 467 g/mol. The predicted molar refractivity (Wildman–Crippen MR) is 150 cm³/mol. The van der Waals surface area contributed by atoms with Crippen molar-refractivity contribution >= 4 is 15.1 Å². The average Bonchev–Trinajstić information content (AvgIpc) is 3.30. The van der Waals surface area contributed by atoms with E-state index in [9.17, 15) is 0 Å². The van der Waals surface area contributed by atoms with Gasteiger partial charge < -0.3 is 4.84 Å². The first-order chi connectivity index (χ1) is 15.4. The molecule has 1 heterocycles. The first kappa shape index (κ1) is 33.3. The van der Waals surface area contributed by atoms with E-state index in [1.54, 1.807) is 6.08 Å². The van der Waals surface area contributed by atoms with Crippen molar-refractivity contribution in [3.8, 4) is 0 Å². The molecule has 0 saturated heterocycles. The monoisotopic (exact) mass is 466 g/mol. The summed E-state index contributed by atoms with van der Waals surface area (Å²) in [4.78, 5) is 5.57. The van der Waals surface area contributed by atoms with Gasteiger partial charge in [-0.1, -0.05) is 106 Å². The van der Waals surface area contributed by atoms with Crippen molar-refractivity contribution in [2.24, 2.45) is 22.9 Å². The zero-order valence-corrected chi connectivity index (χ0v) is 23.9. The lowest BCUT2D eigenvalue weighted by atomic mass is 9.77. The summed E-state index contributed by atoms with van der Waals surface area (Å²) in [5, 5.41) is 4.39. The Morgan fingerprint density at radius 3 is 2.09 bits per heavy atom. The maximum absolute atomic E-state index is 5.57. The summed E-state index contributed by atoms with van der Waals surface area (Å²) >= 11 is 0. The van der Waals surface area contributed by atoms with E-state index in [2.05, 4.69) is 46.3 Å². The van der Waals surface area contributed by atoms with Crippen molar-refractivity contribution in [2.45, 2.75) is 106 Å². The van der Waals surface area contributed by atoms with E-state index in [1.165, 1.54) is 57.2 Å². The van der Waals surface area contributed by atoms with Crippen LogP contribution in [0.1, 0.15) is 99.8 Å². The van der Waals surface area contributed by atoms with E-state index in [-0.39, 0.29) is 6.10 Å². The zero-order chi connectivity index (χ0) is 24.9. The maximum Gasteiger partial charge on any atom is 0.157 e. The van der Waals surface area contributed by atoms with Gasteiger partial charge in [-0.2, -0.15) is 0 Å². The van der Waals surface area contributed by atoms with Gasteiger partial charge in [0.15, 0.2) is 6.10 Å². The minimum atomic E-state index is 0.0274. The molecule has 1 fully saturated rings. The third-order valence-electron chi connectivity index (χ3n) is 6.17. The summed E-state index contributed by atoms with van der Waals surface area (Å²) in [5.41, 5.74) is 2.21. The summed E-state index contributed by atoms with van der Waals surface area (Å²) in [7, 11) is 4.91. The lowest BCUT2D eigenvalue weighted by Crippen LogP contribution is -2.22. The Balaban J connectivity index is 0. The number of hydrogen-bond acceptors (Lipinski definition) is 3. The van der Waals surface area contributed by atoms with Crippen molar-refractivity contribution < 1.29 is 4.84 Å². The van der Waals surface area contributed by atoms with Gasteiger partial charge in [-0.3, -0.25) is 4.67 Å². The first-order valence-electron chi connectivity index (χ1n) is 13.0. The van der Waals surface area contributed by atoms with Crippen molar-refractivity contribution in [3.63, 3.8) is 0 Å². The molecule has 0 amide bonds. The molecular formula is C28H55N2OP. The van der Waals surface area contributed by atoms with Gasteiger partial charge in [0.2, 0.25) is 0 Å². The molecule has 0 aromatic rings. The molecule has 2 rings (SSSR count). The molecule has 32 heavy (non-hydrogen) atoms. The Morgan fingerprint density at radius 1 is 1.12 bits per heavy atom. The fraction of sp³-hybridized carbons (Fsp3) is 0.750. The fourth-order valence-corrected chi connectivity index (χ4v) is 4.20. The van der Waals surface area contributed by atoms with Crippen LogP contribution in [0.3, 0.4) is 0 Å². The van der Waals surface area contributed by atoms with Crippen LogP contribution in [0.4, 0.5) is 0 Å². The van der Waals surface area contributed by atoms with Gasteiger partial charge in [0.1, 0.15) is 0 Å². The van der Waals surface area contributed by atoms with Gasteiger partial charge >= 0.3 is 0 Å². The zero-order valence-electron chi connectivity index (χ0n) is 22.7. The highest BCUT2D eigenvalue weighted by atomic mass is 31.0. The molecule has 2 aliphatic rings. The molecule has 1 aliphatic carbocycles. The molecular weight excluding hydrogens is 411 g/mol. The molecule has 0 radical (unpaired) electrons. The van der Waals surface area contributed by atoms with Crippen LogP contribution in [0.25, 0.3) is 0 Å². The second kappa shape index (κ2) is 21.9. The summed E-state index contributed by atoms with van der Waals surface area (Å²) < 4.78 is 2.22. The third-order valence-corrected chi connectivity index (χ3v) is 6.43. The molecule has 0 N–H and O–H groups in total. The Kier molecular flexibility index (Phi) is 22.8. The van der Waals surface area contributed by atoms with Crippen LogP contribution < -0.4 is 0 Å². The van der Waals surface area contributed by atoms with Gasteiger partial charge in [-0.25, -0.2) is 0 Å². The minimum Gasteiger partial charge on any atom is -0.387 e.